The Kier molecular flexibility index (Phi) is 2.01. The third kappa shape index (κ3) is 2.08. The zero-order valence-corrected chi connectivity index (χ0v) is 3.83. The van der Waals surface area contributed by atoms with Gasteiger partial charge in [0.1, 0.15) is 0 Å². The number of alkyl halides is 2. The van der Waals surface area contributed by atoms with E-state index in [-0.39, 0.29) is 4.90 Å². The summed E-state index contributed by atoms with van der Waals surface area (Å²) >= 11 is 0. The molecule has 0 spiro atoms. The van der Waals surface area contributed by atoms with E-state index in [0.29, 0.717) is 0 Å². The van der Waals surface area contributed by atoms with Gasteiger partial charge in [0.25, 0.3) is 0 Å². The second kappa shape index (κ2) is 2.08. The zero-order valence-electron chi connectivity index (χ0n) is 3.83. The van der Waals surface area contributed by atoms with Gasteiger partial charge in [0.15, 0.2) is 0 Å². The smallest absolute Gasteiger partial charge is 0.282 e. The molecular formula is C3H8F2N+. The van der Waals surface area contributed by atoms with Gasteiger partial charge in [-0.3, -0.25) is 4.90 Å². The van der Waals surface area contributed by atoms with E-state index in [0.717, 1.165) is 0 Å². The highest BCUT2D eigenvalue weighted by atomic mass is 19.3. The third-order valence-electron chi connectivity index (χ3n) is 0.436. The van der Waals surface area contributed by atoms with Gasteiger partial charge < -0.3 is 0 Å². The number of rotatable bonds is 1. The summed E-state index contributed by atoms with van der Waals surface area (Å²) in [4.78, 5) is 0.176. The lowest BCUT2D eigenvalue weighted by Gasteiger charge is -2.01. The van der Waals surface area contributed by atoms with Crippen LogP contribution in [0, 0.1) is 0 Å². The maximum absolute atomic E-state index is 11.1. The van der Waals surface area contributed by atoms with Gasteiger partial charge in [0.2, 0.25) is 0 Å². The molecular weight excluding hydrogens is 88.0 g/mol. The van der Waals surface area contributed by atoms with Crippen LogP contribution < -0.4 is 4.90 Å². The topological polar surface area (TPSA) is 4.44 Å². The van der Waals surface area contributed by atoms with Gasteiger partial charge >= 0.3 is 6.55 Å². The van der Waals surface area contributed by atoms with Gasteiger partial charge in [-0.15, -0.1) is 0 Å². The fourth-order valence-electron chi connectivity index (χ4n) is 0. The second-order valence-corrected chi connectivity index (χ2v) is 1.38. The molecule has 0 radical (unpaired) electrons. The van der Waals surface area contributed by atoms with Crippen LogP contribution in [0.2, 0.25) is 0 Å². The standard InChI is InChI=1S/C3H7F2N/c1-6(2)3(4)5/h3H,1-2H3/p+1. The van der Waals surface area contributed by atoms with Crippen LogP contribution in [0.1, 0.15) is 0 Å². The summed E-state index contributed by atoms with van der Waals surface area (Å²) < 4.78 is 22.2. The summed E-state index contributed by atoms with van der Waals surface area (Å²) in [6, 6.07) is 0. The number of nitrogens with one attached hydrogen (secondary N) is 1. The minimum atomic E-state index is -2.23. The Morgan fingerprint density at radius 3 is 1.50 bits per heavy atom. The number of halogens is 2. The predicted octanol–water partition coefficient (Wildman–Crippen LogP) is -0.646. The number of quaternary nitrogens is 1. The fourth-order valence-corrected chi connectivity index (χ4v) is 0. The quantitative estimate of drug-likeness (QED) is 0.414. The molecule has 0 unspecified atom stereocenters. The van der Waals surface area contributed by atoms with Crippen molar-refractivity contribution in [3.63, 3.8) is 0 Å². The molecule has 3 heteroatoms. The van der Waals surface area contributed by atoms with Gasteiger partial charge in [0, 0.05) is 0 Å². The van der Waals surface area contributed by atoms with Crippen molar-refractivity contribution in [2.45, 2.75) is 6.55 Å². The highest BCUT2D eigenvalue weighted by molar-refractivity contribution is 3.91. The Morgan fingerprint density at radius 2 is 1.50 bits per heavy atom. The number of hydrogen-bond donors (Lipinski definition) is 1. The van der Waals surface area contributed by atoms with E-state index in [9.17, 15) is 8.78 Å². The molecule has 0 aliphatic rings. The Labute approximate surface area is 35.6 Å². The molecule has 1 nitrogen and oxygen atoms in total. The van der Waals surface area contributed by atoms with E-state index < -0.39 is 6.55 Å². The van der Waals surface area contributed by atoms with Crippen molar-refractivity contribution in [1.29, 1.82) is 0 Å². The van der Waals surface area contributed by atoms with Crippen LogP contribution in [0.25, 0.3) is 0 Å². The number of hydrogen-bond acceptors (Lipinski definition) is 0. The molecule has 6 heavy (non-hydrogen) atoms. The summed E-state index contributed by atoms with van der Waals surface area (Å²) in [6.07, 6.45) is 0. The predicted molar refractivity (Wildman–Crippen MR) is 18.8 cm³/mol. The maximum Gasteiger partial charge on any atom is 0.379 e. The maximum atomic E-state index is 11.1. The Hall–Kier alpha value is -0.180. The molecule has 0 bridgehead atoms. The van der Waals surface area contributed by atoms with E-state index >= 15 is 0 Å². The highest BCUT2D eigenvalue weighted by Gasteiger charge is 2.05. The average Bonchev–Trinajstić information content (AvgIpc) is 1.36. The van der Waals surface area contributed by atoms with Crippen molar-refractivity contribution in [3.8, 4) is 0 Å². The highest BCUT2D eigenvalue weighted by Crippen LogP contribution is 1.72. The molecule has 0 fully saturated rings. The molecule has 0 aliphatic heterocycles. The van der Waals surface area contributed by atoms with Crippen molar-refractivity contribution in [3.05, 3.63) is 0 Å². The zero-order chi connectivity index (χ0) is 5.15. The van der Waals surface area contributed by atoms with Crippen LogP contribution >= 0.6 is 0 Å². The average molecular weight is 96.1 g/mol. The Bertz CT molecular complexity index is 29.8. The van der Waals surface area contributed by atoms with Crippen LogP contribution in [0.5, 0.6) is 0 Å². The second-order valence-electron chi connectivity index (χ2n) is 1.38. The first-order valence-electron chi connectivity index (χ1n) is 1.73. The summed E-state index contributed by atoms with van der Waals surface area (Å²) in [6.45, 7) is -2.23. The van der Waals surface area contributed by atoms with Gasteiger partial charge in [-0.25, -0.2) is 0 Å². The van der Waals surface area contributed by atoms with Crippen LogP contribution in [-0.2, 0) is 0 Å². The third-order valence-corrected chi connectivity index (χ3v) is 0.436. The molecule has 0 amide bonds. The minimum absolute atomic E-state index is 0.176. The Balaban J connectivity index is 2.99. The first-order valence-corrected chi connectivity index (χ1v) is 1.73. The van der Waals surface area contributed by atoms with Crippen molar-refractivity contribution < 1.29 is 13.7 Å². The van der Waals surface area contributed by atoms with Gasteiger partial charge in [0.05, 0.1) is 14.1 Å². The molecule has 38 valence electrons. The van der Waals surface area contributed by atoms with Crippen LogP contribution in [-0.4, -0.2) is 20.6 Å². The Morgan fingerprint density at radius 1 is 1.33 bits per heavy atom. The normalized spacial score (nSPS) is 11.0. The first-order chi connectivity index (χ1) is 2.64. The molecule has 0 saturated carbocycles. The lowest BCUT2D eigenvalue weighted by atomic mass is 10.9. The van der Waals surface area contributed by atoms with Crippen molar-refractivity contribution in [2.24, 2.45) is 0 Å². The van der Waals surface area contributed by atoms with Gasteiger partial charge in [-0.05, 0) is 0 Å². The fraction of sp³-hybridized carbons (Fsp3) is 1.00. The molecule has 0 aromatic carbocycles. The largest absolute Gasteiger partial charge is 0.379 e. The minimum Gasteiger partial charge on any atom is -0.282 e. The monoisotopic (exact) mass is 96.1 g/mol. The molecule has 0 heterocycles. The molecule has 0 aromatic heterocycles. The summed E-state index contributed by atoms with van der Waals surface area (Å²) in [5, 5.41) is 0. The van der Waals surface area contributed by atoms with Crippen LogP contribution in [0.15, 0.2) is 0 Å². The van der Waals surface area contributed by atoms with Crippen LogP contribution in [0.3, 0.4) is 0 Å². The van der Waals surface area contributed by atoms with E-state index in [1.54, 1.807) is 0 Å². The lowest BCUT2D eigenvalue weighted by molar-refractivity contribution is -0.919. The first kappa shape index (κ1) is 5.82. The summed E-state index contributed by atoms with van der Waals surface area (Å²) in [5.41, 5.74) is 0. The van der Waals surface area contributed by atoms with Crippen molar-refractivity contribution >= 4 is 0 Å². The van der Waals surface area contributed by atoms with Crippen molar-refractivity contribution in [2.75, 3.05) is 14.1 Å². The molecule has 1 N–H and O–H groups in total. The van der Waals surface area contributed by atoms with Gasteiger partial charge in [-0.2, -0.15) is 8.78 Å². The molecule has 0 rings (SSSR count). The van der Waals surface area contributed by atoms with Crippen molar-refractivity contribution in [1.82, 2.24) is 0 Å². The van der Waals surface area contributed by atoms with E-state index in [2.05, 4.69) is 0 Å². The van der Waals surface area contributed by atoms with E-state index in [4.69, 9.17) is 0 Å². The SMILES string of the molecule is C[NH+](C)C(F)F. The summed E-state index contributed by atoms with van der Waals surface area (Å²) in [7, 11) is 2.81. The molecule has 0 aliphatic carbocycles. The van der Waals surface area contributed by atoms with E-state index in [1.165, 1.54) is 14.1 Å². The lowest BCUT2D eigenvalue weighted by Crippen LogP contribution is -3.08. The molecule has 0 aromatic rings. The molecule has 0 atom stereocenters. The molecule has 0 saturated heterocycles. The van der Waals surface area contributed by atoms with Gasteiger partial charge in [-0.1, -0.05) is 0 Å². The van der Waals surface area contributed by atoms with E-state index in [1.807, 2.05) is 0 Å². The summed E-state index contributed by atoms with van der Waals surface area (Å²) in [5.74, 6) is 0. The van der Waals surface area contributed by atoms with Crippen LogP contribution in [0.4, 0.5) is 8.78 Å².